The van der Waals surface area contributed by atoms with Crippen LogP contribution in [0.2, 0.25) is 0 Å². The average molecular weight is 226 g/mol. The maximum absolute atomic E-state index is 5.23. The summed E-state index contributed by atoms with van der Waals surface area (Å²) >= 11 is 1.73. The fourth-order valence-corrected chi connectivity index (χ4v) is 2.61. The number of rotatable bonds is 4. The Balaban J connectivity index is 1.87. The van der Waals surface area contributed by atoms with Crippen molar-refractivity contribution in [2.24, 2.45) is 5.41 Å². The van der Waals surface area contributed by atoms with Crippen LogP contribution < -0.4 is 5.32 Å². The van der Waals surface area contributed by atoms with Gasteiger partial charge in [-0.3, -0.25) is 0 Å². The minimum Gasteiger partial charge on any atom is -0.380 e. The first kappa shape index (κ1) is 11.0. The molecule has 1 aromatic heterocycles. The minimum atomic E-state index is 0.340. The first-order valence-corrected chi connectivity index (χ1v) is 6.20. The third-order valence-corrected chi connectivity index (χ3v) is 4.03. The van der Waals surface area contributed by atoms with Gasteiger partial charge >= 0.3 is 0 Å². The van der Waals surface area contributed by atoms with Crippen LogP contribution >= 0.6 is 11.3 Å². The molecule has 15 heavy (non-hydrogen) atoms. The molecule has 1 unspecified atom stereocenters. The van der Waals surface area contributed by atoms with Crippen molar-refractivity contribution in [2.45, 2.75) is 26.8 Å². The highest BCUT2D eigenvalue weighted by Crippen LogP contribution is 2.27. The summed E-state index contributed by atoms with van der Waals surface area (Å²) in [6, 6.07) is 0.398. The Morgan fingerprint density at radius 2 is 2.40 bits per heavy atom. The normalized spacial score (nSPS) is 21.0. The van der Waals surface area contributed by atoms with Crippen LogP contribution in [-0.2, 0) is 4.74 Å². The van der Waals surface area contributed by atoms with Gasteiger partial charge in [0, 0.05) is 22.9 Å². The van der Waals surface area contributed by atoms with Crippen LogP contribution in [0.4, 0.5) is 0 Å². The van der Waals surface area contributed by atoms with Crippen LogP contribution in [0.3, 0.4) is 0 Å². The lowest BCUT2D eigenvalue weighted by Crippen LogP contribution is -2.47. The number of aryl methyl sites for hydroxylation is 1. The Bertz CT molecular complexity index is 333. The summed E-state index contributed by atoms with van der Waals surface area (Å²) in [5.41, 5.74) is 3.40. The Morgan fingerprint density at radius 3 is 2.87 bits per heavy atom. The smallest absolute Gasteiger partial charge is 0.0798 e. The molecule has 1 saturated heterocycles. The summed E-state index contributed by atoms with van der Waals surface area (Å²) in [4.78, 5) is 5.62. The van der Waals surface area contributed by atoms with Crippen molar-refractivity contribution in [3.8, 4) is 0 Å². The van der Waals surface area contributed by atoms with Crippen molar-refractivity contribution in [3.05, 3.63) is 16.1 Å². The number of aromatic nitrogens is 1. The van der Waals surface area contributed by atoms with E-state index in [1.165, 1.54) is 4.88 Å². The highest BCUT2D eigenvalue weighted by atomic mass is 32.1. The Kier molecular flexibility index (Phi) is 3.09. The van der Waals surface area contributed by atoms with E-state index in [1.54, 1.807) is 11.3 Å². The zero-order valence-corrected chi connectivity index (χ0v) is 10.4. The Morgan fingerprint density at radius 1 is 1.67 bits per heavy atom. The lowest BCUT2D eigenvalue weighted by atomic mass is 9.88. The van der Waals surface area contributed by atoms with Crippen molar-refractivity contribution in [1.82, 2.24) is 10.3 Å². The van der Waals surface area contributed by atoms with E-state index in [1.807, 2.05) is 5.51 Å². The van der Waals surface area contributed by atoms with Crippen molar-refractivity contribution in [1.29, 1.82) is 0 Å². The van der Waals surface area contributed by atoms with Crippen molar-refractivity contribution in [2.75, 3.05) is 19.8 Å². The molecule has 1 aromatic rings. The molecule has 0 bridgehead atoms. The average Bonchev–Trinajstić information content (AvgIpc) is 2.58. The summed E-state index contributed by atoms with van der Waals surface area (Å²) < 4.78 is 5.23. The third-order valence-electron chi connectivity index (χ3n) is 2.91. The van der Waals surface area contributed by atoms with Crippen LogP contribution in [0.1, 0.15) is 30.5 Å². The van der Waals surface area contributed by atoms with Gasteiger partial charge in [0.15, 0.2) is 0 Å². The molecule has 0 spiro atoms. The van der Waals surface area contributed by atoms with E-state index in [0.717, 1.165) is 25.5 Å². The highest BCUT2D eigenvalue weighted by molar-refractivity contribution is 7.09. The predicted octanol–water partition coefficient (Wildman–Crippen LogP) is 2.14. The summed E-state index contributed by atoms with van der Waals surface area (Å²) in [5, 5.41) is 3.56. The summed E-state index contributed by atoms with van der Waals surface area (Å²) in [6.45, 7) is 9.31. The number of nitrogens with zero attached hydrogens (tertiary/aromatic N) is 1. The van der Waals surface area contributed by atoms with Gasteiger partial charge in [0.25, 0.3) is 0 Å². The first-order chi connectivity index (χ1) is 7.11. The molecule has 2 rings (SSSR count). The van der Waals surface area contributed by atoms with E-state index in [-0.39, 0.29) is 0 Å². The molecule has 1 fully saturated rings. The lowest BCUT2D eigenvalue weighted by molar-refractivity contribution is -0.0998. The van der Waals surface area contributed by atoms with Gasteiger partial charge in [-0.05, 0) is 13.8 Å². The van der Waals surface area contributed by atoms with E-state index in [4.69, 9.17) is 4.74 Å². The fraction of sp³-hybridized carbons (Fsp3) is 0.727. The second-order valence-corrected chi connectivity index (χ2v) is 5.59. The number of ether oxygens (including phenoxy) is 1. The van der Waals surface area contributed by atoms with Gasteiger partial charge in [0.05, 0.1) is 24.4 Å². The quantitative estimate of drug-likeness (QED) is 0.854. The molecule has 1 aliphatic heterocycles. The second kappa shape index (κ2) is 4.20. The number of thiazole rings is 1. The van der Waals surface area contributed by atoms with E-state index in [9.17, 15) is 0 Å². The molecule has 2 heterocycles. The summed E-state index contributed by atoms with van der Waals surface area (Å²) in [6.07, 6.45) is 0. The third kappa shape index (κ3) is 2.38. The Labute approximate surface area is 94.9 Å². The Hall–Kier alpha value is -0.450. The first-order valence-electron chi connectivity index (χ1n) is 5.32. The van der Waals surface area contributed by atoms with Crippen LogP contribution in [0, 0.1) is 12.3 Å². The minimum absolute atomic E-state index is 0.340. The molecule has 0 aliphatic carbocycles. The molecule has 0 radical (unpaired) electrons. The molecule has 1 aliphatic rings. The summed E-state index contributed by atoms with van der Waals surface area (Å²) in [7, 11) is 0. The van der Waals surface area contributed by atoms with E-state index < -0.39 is 0 Å². The van der Waals surface area contributed by atoms with Gasteiger partial charge in [-0.1, -0.05) is 6.92 Å². The molecule has 1 atom stereocenters. The molecule has 3 nitrogen and oxygen atoms in total. The van der Waals surface area contributed by atoms with E-state index in [0.29, 0.717) is 11.5 Å². The standard InChI is InChI=1S/C11H18N2OS/c1-8(10-9(2)13-7-15-10)12-4-11(3)5-14-6-11/h7-8,12H,4-6H2,1-3H3. The van der Waals surface area contributed by atoms with E-state index >= 15 is 0 Å². The highest BCUT2D eigenvalue weighted by Gasteiger charge is 2.33. The largest absolute Gasteiger partial charge is 0.380 e. The molecule has 0 saturated carbocycles. The molecular formula is C11H18N2OS. The molecule has 84 valence electrons. The zero-order chi connectivity index (χ0) is 10.9. The van der Waals surface area contributed by atoms with Crippen LogP contribution in [0.25, 0.3) is 0 Å². The van der Waals surface area contributed by atoms with E-state index in [2.05, 4.69) is 31.1 Å². The number of hydrogen-bond acceptors (Lipinski definition) is 4. The van der Waals surface area contributed by atoms with Crippen LogP contribution in [0.15, 0.2) is 5.51 Å². The summed E-state index contributed by atoms with van der Waals surface area (Å²) in [5.74, 6) is 0. The molecule has 1 N–H and O–H groups in total. The molecule has 4 heteroatoms. The van der Waals surface area contributed by atoms with Gasteiger partial charge < -0.3 is 10.1 Å². The van der Waals surface area contributed by atoms with Gasteiger partial charge in [0.1, 0.15) is 0 Å². The van der Waals surface area contributed by atoms with Gasteiger partial charge in [-0.15, -0.1) is 11.3 Å². The van der Waals surface area contributed by atoms with Crippen molar-refractivity contribution >= 4 is 11.3 Å². The second-order valence-electron chi connectivity index (χ2n) is 4.71. The topological polar surface area (TPSA) is 34.2 Å². The molecular weight excluding hydrogens is 208 g/mol. The molecule has 0 amide bonds. The fourth-order valence-electron chi connectivity index (χ4n) is 1.77. The van der Waals surface area contributed by atoms with Crippen molar-refractivity contribution in [3.63, 3.8) is 0 Å². The maximum Gasteiger partial charge on any atom is 0.0798 e. The van der Waals surface area contributed by atoms with Gasteiger partial charge in [-0.25, -0.2) is 4.98 Å². The predicted molar refractivity (Wildman–Crippen MR) is 62.2 cm³/mol. The number of hydrogen-bond donors (Lipinski definition) is 1. The van der Waals surface area contributed by atoms with Crippen molar-refractivity contribution < 1.29 is 4.74 Å². The van der Waals surface area contributed by atoms with Crippen LogP contribution in [-0.4, -0.2) is 24.7 Å². The van der Waals surface area contributed by atoms with Gasteiger partial charge in [0.2, 0.25) is 0 Å². The lowest BCUT2D eigenvalue weighted by Gasteiger charge is -2.39. The monoisotopic (exact) mass is 226 g/mol. The SMILES string of the molecule is Cc1ncsc1C(C)NCC1(C)COC1. The molecule has 0 aromatic carbocycles. The number of nitrogens with one attached hydrogen (secondary N) is 1. The zero-order valence-electron chi connectivity index (χ0n) is 9.54. The maximum atomic E-state index is 5.23. The van der Waals surface area contributed by atoms with Crippen LogP contribution in [0.5, 0.6) is 0 Å². The van der Waals surface area contributed by atoms with Gasteiger partial charge in [-0.2, -0.15) is 0 Å².